The molecule has 138 valence electrons. The second-order valence-electron chi connectivity index (χ2n) is 5.84. The van der Waals surface area contributed by atoms with E-state index in [-0.39, 0.29) is 17.4 Å². The molecule has 0 spiro atoms. The molecule has 0 unspecified atom stereocenters. The van der Waals surface area contributed by atoms with Gasteiger partial charge >= 0.3 is 5.97 Å². The zero-order chi connectivity index (χ0) is 19.1. The fourth-order valence-electron chi connectivity index (χ4n) is 2.43. The zero-order valence-corrected chi connectivity index (χ0v) is 15.1. The highest BCUT2D eigenvalue weighted by Crippen LogP contribution is 2.24. The molecule has 0 radical (unpaired) electrons. The number of methoxy groups -OCH3 is 1. The van der Waals surface area contributed by atoms with Crippen LogP contribution in [0.25, 0.3) is 0 Å². The minimum absolute atomic E-state index is 0.0261. The van der Waals surface area contributed by atoms with Crippen LogP contribution in [0.3, 0.4) is 0 Å². The van der Waals surface area contributed by atoms with E-state index in [0.717, 1.165) is 12.0 Å². The van der Waals surface area contributed by atoms with Gasteiger partial charge in [0.2, 0.25) is 0 Å². The average molecular weight is 357 g/mol. The van der Waals surface area contributed by atoms with Crippen LogP contribution >= 0.6 is 0 Å². The van der Waals surface area contributed by atoms with Crippen molar-refractivity contribution in [2.45, 2.75) is 26.3 Å². The third kappa shape index (κ3) is 4.99. The molecule has 0 saturated heterocycles. The first-order chi connectivity index (χ1) is 12.4. The smallest absolute Gasteiger partial charge is 0.342 e. The number of phenols is 1. The van der Waals surface area contributed by atoms with E-state index in [1.165, 1.54) is 30.9 Å². The summed E-state index contributed by atoms with van der Waals surface area (Å²) in [5.74, 6) is -1.04. The lowest BCUT2D eigenvalue weighted by molar-refractivity contribution is -0.124. The summed E-state index contributed by atoms with van der Waals surface area (Å²) in [4.78, 5) is 24.0. The molecule has 6 heteroatoms. The van der Waals surface area contributed by atoms with Crippen LogP contribution < -0.4 is 10.1 Å². The van der Waals surface area contributed by atoms with Gasteiger partial charge in [-0.2, -0.15) is 0 Å². The highest BCUT2D eigenvalue weighted by Gasteiger charge is 2.16. The first kappa shape index (κ1) is 19.3. The lowest BCUT2D eigenvalue weighted by atomic mass is 10.1. The summed E-state index contributed by atoms with van der Waals surface area (Å²) in [6, 6.07) is 12.0. The molecule has 1 atom stereocenters. The summed E-state index contributed by atoms with van der Waals surface area (Å²) >= 11 is 0. The maximum Gasteiger partial charge on any atom is 0.342 e. The molecular weight excluding hydrogens is 334 g/mol. The highest BCUT2D eigenvalue weighted by molar-refractivity contribution is 5.94. The van der Waals surface area contributed by atoms with Gasteiger partial charge in [0.05, 0.1) is 13.2 Å². The van der Waals surface area contributed by atoms with Crippen molar-refractivity contribution in [2.24, 2.45) is 0 Å². The van der Waals surface area contributed by atoms with Gasteiger partial charge in [0.15, 0.2) is 6.61 Å². The van der Waals surface area contributed by atoms with Crippen LogP contribution in [0.4, 0.5) is 0 Å². The largest absolute Gasteiger partial charge is 0.507 e. The number of nitrogens with one attached hydrogen (secondary N) is 1. The number of aryl methyl sites for hydroxylation is 1. The maximum atomic E-state index is 12.0. The first-order valence-electron chi connectivity index (χ1n) is 8.37. The van der Waals surface area contributed by atoms with Crippen molar-refractivity contribution in [3.05, 3.63) is 59.2 Å². The Morgan fingerprint density at radius 3 is 2.42 bits per heavy atom. The monoisotopic (exact) mass is 357 g/mol. The second-order valence-corrected chi connectivity index (χ2v) is 5.84. The third-order valence-corrected chi connectivity index (χ3v) is 4.02. The predicted octanol–water partition coefficient (Wildman–Crippen LogP) is 3.00. The van der Waals surface area contributed by atoms with Crippen LogP contribution in [-0.4, -0.2) is 30.7 Å². The maximum absolute atomic E-state index is 12.0. The Bertz CT molecular complexity index is 770. The number of hydrogen-bond acceptors (Lipinski definition) is 5. The summed E-state index contributed by atoms with van der Waals surface area (Å²) < 4.78 is 9.92. The van der Waals surface area contributed by atoms with Gasteiger partial charge in [-0.15, -0.1) is 0 Å². The van der Waals surface area contributed by atoms with Gasteiger partial charge in [-0.25, -0.2) is 4.79 Å². The molecule has 0 saturated carbocycles. The van der Waals surface area contributed by atoms with Gasteiger partial charge < -0.3 is 19.9 Å². The number of carbonyl (C=O) groups excluding carboxylic acids is 2. The van der Waals surface area contributed by atoms with Gasteiger partial charge in [-0.05, 0) is 36.6 Å². The molecule has 2 rings (SSSR count). The number of aromatic hydroxyl groups is 1. The molecule has 1 amide bonds. The lowest BCUT2D eigenvalue weighted by Gasteiger charge is -2.15. The molecule has 0 aliphatic heterocycles. The van der Waals surface area contributed by atoms with Crippen molar-refractivity contribution in [1.82, 2.24) is 5.32 Å². The number of esters is 1. The van der Waals surface area contributed by atoms with Crippen molar-refractivity contribution < 1.29 is 24.2 Å². The summed E-state index contributed by atoms with van der Waals surface area (Å²) in [6.07, 6.45) is 0.954. The van der Waals surface area contributed by atoms with Gasteiger partial charge in [0.25, 0.3) is 5.91 Å². The Hall–Kier alpha value is -3.02. The normalized spacial score (nSPS) is 11.5. The highest BCUT2D eigenvalue weighted by atomic mass is 16.5. The van der Waals surface area contributed by atoms with E-state index in [1.807, 2.05) is 31.2 Å². The number of hydrogen-bond donors (Lipinski definition) is 2. The number of amides is 1. The van der Waals surface area contributed by atoms with Crippen LogP contribution in [0.5, 0.6) is 11.5 Å². The molecular formula is C20H23NO5. The summed E-state index contributed by atoms with van der Waals surface area (Å²) in [6.45, 7) is 3.51. The van der Waals surface area contributed by atoms with Gasteiger partial charge in [-0.3, -0.25) is 4.79 Å². The molecule has 2 aromatic carbocycles. The molecule has 0 aromatic heterocycles. The lowest BCUT2D eigenvalue weighted by Crippen LogP contribution is -2.31. The topological polar surface area (TPSA) is 84.9 Å². The predicted molar refractivity (Wildman–Crippen MR) is 97.3 cm³/mol. The molecule has 0 fully saturated rings. The van der Waals surface area contributed by atoms with Gasteiger partial charge in [0.1, 0.15) is 17.1 Å². The van der Waals surface area contributed by atoms with Crippen LogP contribution in [0.15, 0.2) is 42.5 Å². The summed E-state index contributed by atoms with van der Waals surface area (Å²) in [5, 5.41) is 12.6. The van der Waals surface area contributed by atoms with E-state index < -0.39 is 18.5 Å². The van der Waals surface area contributed by atoms with E-state index in [1.54, 1.807) is 0 Å². The Morgan fingerprint density at radius 1 is 1.15 bits per heavy atom. The van der Waals surface area contributed by atoms with E-state index in [0.29, 0.717) is 5.75 Å². The average Bonchev–Trinajstić information content (AvgIpc) is 2.65. The van der Waals surface area contributed by atoms with Crippen molar-refractivity contribution in [3.63, 3.8) is 0 Å². The minimum Gasteiger partial charge on any atom is -0.507 e. The first-order valence-corrected chi connectivity index (χ1v) is 8.37. The summed E-state index contributed by atoms with van der Waals surface area (Å²) in [5.41, 5.74) is 2.16. The van der Waals surface area contributed by atoms with E-state index >= 15 is 0 Å². The third-order valence-electron chi connectivity index (χ3n) is 4.02. The van der Waals surface area contributed by atoms with Crippen LogP contribution in [-0.2, 0) is 16.0 Å². The SMILES string of the molecule is CCc1ccc([C@@H](C)NC(=O)COC(=O)c2ccc(OC)cc2O)cc1. The number of ether oxygens (including phenoxy) is 2. The second kappa shape index (κ2) is 8.89. The quantitative estimate of drug-likeness (QED) is 0.744. The fourth-order valence-corrected chi connectivity index (χ4v) is 2.43. The van der Waals surface area contributed by atoms with Crippen molar-refractivity contribution in [2.75, 3.05) is 13.7 Å². The van der Waals surface area contributed by atoms with E-state index in [4.69, 9.17) is 9.47 Å². The van der Waals surface area contributed by atoms with Crippen molar-refractivity contribution >= 4 is 11.9 Å². The van der Waals surface area contributed by atoms with Gasteiger partial charge in [0, 0.05) is 6.07 Å². The van der Waals surface area contributed by atoms with Crippen molar-refractivity contribution in [1.29, 1.82) is 0 Å². The minimum atomic E-state index is -0.778. The molecule has 0 aliphatic rings. The van der Waals surface area contributed by atoms with E-state index in [9.17, 15) is 14.7 Å². The number of carbonyl (C=O) groups is 2. The Morgan fingerprint density at radius 2 is 1.85 bits per heavy atom. The van der Waals surface area contributed by atoms with Crippen LogP contribution in [0, 0.1) is 0 Å². The number of rotatable bonds is 7. The molecule has 0 bridgehead atoms. The molecule has 2 aromatic rings. The molecule has 6 nitrogen and oxygen atoms in total. The fraction of sp³-hybridized carbons (Fsp3) is 0.300. The molecule has 26 heavy (non-hydrogen) atoms. The number of benzene rings is 2. The van der Waals surface area contributed by atoms with Crippen LogP contribution in [0.2, 0.25) is 0 Å². The molecule has 0 aliphatic carbocycles. The molecule has 0 heterocycles. The Balaban J connectivity index is 1.88. The van der Waals surface area contributed by atoms with Crippen LogP contribution in [0.1, 0.15) is 41.4 Å². The number of phenolic OH excluding ortho intramolecular Hbond substituents is 1. The van der Waals surface area contributed by atoms with Gasteiger partial charge in [-0.1, -0.05) is 31.2 Å². The molecule has 2 N–H and O–H groups in total. The standard InChI is InChI=1S/C20H23NO5/c1-4-14-5-7-15(8-6-14)13(2)21-19(23)12-26-20(24)17-10-9-16(25-3)11-18(17)22/h5-11,13,22H,4,12H2,1-3H3,(H,21,23)/t13-/m1/s1. The Labute approximate surface area is 152 Å². The zero-order valence-electron chi connectivity index (χ0n) is 15.1. The van der Waals surface area contributed by atoms with E-state index in [2.05, 4.69) is 12.2 Å². The van der Waals surface area contributed by atoms with Crippen molar-refractivity contribution in [3.8, 4) is 11.5 Å². The summed E-state index contributed by atoms with van der Waals surface area (Å²) in [7, 11) is 1.45. The Kier molecular flexibility index (Phi) is 6.60.